The zero-order chi connectivity index (χ0) is 20.8. The Labute approximate surface area is 166 Å². The molecule has 11 heteroatoms. The summed E-state index contributed by atoms with van der Waals surface area (Å²) < 4.78 is 15.5. The van der Waals surface area contributed by atoms with Gasteiger partial charge < -0.3 is 24.4 Å². The van der Waals surface area contributed by atoms with Crippen molar-refractivity contribution in [1.82, 2.24) is 10.2 Å². The number of rotatable bonds is 6. The number of nitro benzene ring substituents is 1. The van der Waals surface area contributed by atoms with Crippen molar-refractivity contribution in [3.8, 4) is 5.75 Å². The van der Waals surface area contributed by atoms with Gasteiger partial charge in [0.15, 0.2) is 0 Å². The molecule has 1 N–H and O–H groups in total. The van der Waals surface area contributed by atoms with Crippen molar-refractivity contribution >= 4 is 29.3 Å². The molecule has 2 atom stereocenters. The van der Waals surface area contributed by atoms with E-state index in [0.29, 0.717) is 13.0 Å². The lowest BCUT2D eigenvalue weighted by Crippen LogP contribution is -2.56. The Morgan fingerprint density at radius 1 is 1.39 bits per heavy atom. The zero-order valence-corrected chi connectivity index (χ0v) is 16.5. The summed E-state index contributed by atoms with van der Waals surface area (Å²) in [4.78, 5) is 36.6. The number of nitro groups is 1. The average Bonchev–Trinajstić information content (AvgIpc) is 2.67. The SMILES string of the molecule is CCOC(=O)N1CCC(NC(=O)c2cc([N+](=O)[O-])c(Cl)cc2OC)C(OC)C1. The number of nitrogens with zero attached hydrogens (tertiary/aromatic N) is 2. The largest absolute Gasteiger partial charge is 0.496 e. The number of likely N-dealkylation sites (tertiary alicyclic amines) is 1. The number of piperidine rings is 1. The van der Waals surface area contributed by atoms with Crippen LogP contribution in [0.3, 0.4) is 0 Å². The van der Waals surface area contributed by atoms with Gasteiger partial charge in [-0.15, -0.1) is 0 Å². The van der Waals surface area contributed by atoms with Crippen LogP contribution in [0.5, 0.6) is 5.75 Å². The van der Waals surface area contributed by atoms with Gasteiger partial charge in [0.2, 0.25) is 0 Å². The predicted molar refractivity (Wildman–Crippen MR) is 99.9 cm³/mol. The van der Waals surface area contributed by atoms with Crippen molar-refractivity contribution in [2.45, 2.75) is 25.5 Å². The number of halogens is 1. The summed E-state index contributed by atoms with van der Waals surface area (Å²) in [5.41, 5.74) is -0.408. The Hall–Kier alpha value is -2.59. The molecule has 154 valence electrons. The monoisotopic (exact) mass is 415 g/mol. The van der Waals surface area contributed by atoms with E-state index in [1.54, 1.807) is 6.92 Å². The van der Waals surface area contributed by atoms with Crippen molar-refractivity contribution in [1.29, 1.82) is 0 Å². The van der Waals surface area contributed by atoms with Crippen LogP contribution in [0.15, 0.2) is 12.1 Å². The molecule has 0 bridgehead atoms. The summed E-state index contributed by atoms with van der Waals surface area (Å²) in [5, 5.41) is 13.8. The molecule has 0 saturated carbocycles. The molecule has 0 radical (unpaired) electrons. The number of carbonyl (C=O) groups excluding carboxylic acids is 2. The van der Waals surface area contributed by atoms with Crippen molar-refractivity contribution in [2.24, 2.45) is 0 Å². The van der Waals surface area contributed by atoms with E-state index in [1.165, 1.54) is 25.2 Å². The number of methoxy groups -OCH3 is 2. The number of ether oxygens (including phenoxy) is 3. The summed E-state index contributed by atoms with van der Waals surface area (Å²) in [6.07, 6.45) is -0.471. The Bertz CT molecular complexity index is 759. The molecular weight excluding hydrogens is 394 g/mol. The summed E-state index contributed by atoms with van der Waals surface area (Å²) in [6.45, 7) is 2.61. The van der Waals surface area contributed by atoms with Gasteiger partial charge in [0.05, 0.1) is 42.9 Å². The van der Waals surface area contributed by atoms with Crippen molar-refractivity contribution in [3.05, 3.63) is 32.8 Å². The van der Waals surface area contributed by atoms with Crippen LogP contribution < -0.4 is 10.1 Å². The van der Waals surface area contributed by atoms with Gasteiger partial charge in [-0.2, -0.15) is 0 Å². The van der Waals surface area contributed by atoms with Crippen molar-refractivity contribution in [2.75, 3.05) is 33.9 Å². The van der Waals surface area contributed by atoms with Crippen molar-refractivity contribution < 1.29 is 28.7 Å². The molecule has 1 aromatic rings. The van der Waals surface area contributed by atoms with Crippen LogP contribution in [0.1, 0.15) is 23.7 Å². The molecule has 0 aliphatic carbocycles. The minimum Gasteiger partial charge on any atom is -0.496 e. The standard InChI is InChI=1S/C17H22ClN3O7/c1-4-28-17(23)20-6-5-12(15(9-20)27-3)19-16(22)10-7-13(21(24)25)11(18)8-14(10)26-2/h7-8,12,15H,4-6,9H2,1-3H3,(H,19,22). The number of amides is 2. The summed E-state index contributed by atoms with van der Waals surface area (Å²) >= 11 is 5.87. The van der Waals surface area contributed by atoms with Gasteiger partial charge in [-0.05, 0) is 13.3 Å². The van der Waals surface area contributed by atoms with Gasteiger partial charge >= 0.3 is 6.09 Å². The topological polar surface area (TPSA) is 120 Å². The highest BCUT2D eigenvalue weighted by molar-refractivity contribution is 6.33. The van der Waals surface area contributed by atoms with E-state index in [0.717, 1.165) is 6.07 Å². The van der Waals surface area contributed by atoms with E-state index in [9.17, 15) is 19.7 Å². The molecule has 0 aromatic heterocycles. The molecule has 0 spiro atoms. The third kappa shape index (κ3) is 4.82. The molecule has 1 fully saturated rings. The van der Waals surface area contributed by atoms with Crippen molar-refractivity contribution in [3.63, 3.8) is 0 Å². The molecular formula is C17H22ClN3O7. The van der Waals surface area contributed by atoms with Gasteiger partial charge in [0, 0.05) is 25.8 Å². The Balaban J connectivity index is 2.17. The Morgan fingerprint density at radius 2 is 2.11 bits per heavy atom. The molecule has 1 aliphatic rings. The number of nitrogens with one attached hydrogen (secondary N) is 1. The fourth-order valence-electron chi connectivity index (χ4n) is 2.98. The lowest BCUT2D eigenvalue weighted by molar-refractivity contribution is -0.384. The molecule has 1 heterocycles. The van der Waals surface area contributed by atoms with E-state index in [4.69, 9.17) is 25.8 Å². The van der Waals surface area contributed by atoms with E-state index >= 15 is 0 Å². The van der Waals surface area contributed by atoms with Crippen LogP contribution in [0.4, 0.5) is 10.5 Å². The summed E-state index contributed by atoms with van der Waals surface area (Å²) in [6, 6.07) is 1.90. The Morgan fingerprint density at radius 3 is 2.68 bits per heavy atom. The molecule has 10 nitrogen and oxygen atoms in total. The maximum Gasteiger partial charge on any atom is 0.409 e. The normalized spacial score (nSPS) is 19.1. The quantitative estimate of drug-likeness (QED) is 0.558. The highest BCUT2D eigenvalue weighted by atomic mass is 35.5. The fraction of sp³-hybridized carbons (Fsp3) is 0.529. The highest BCUT2D eigenvalue weighted by Gasteiger charge is 2.34. The first-order valence-electron chi connectivity index (χ1n) is 8.59. The number of carbonyl (C=O) groups is 2. The second-order valence-electron chi connectivity index (χ2n) is 6.05. The zero-order valence-electron chi connectivity index (χ0n) is 15.8. The van der Waals surface area contributed by atoms with Gasteiger partial charge in [-0.25, -0.2) is 4.79 Å². The van der Waals surface area contributed by atoms with Crippen LogP contribution in [0.2, 0.25) is 5.02 Å². The summed E-state index contributed by atoms with van der Waals surface area (Å²) in [5.74, 6) is -0.445. The Kier molecular flexibility index (Phi) is 7.41. The first-order chi connectivity index (χ1) is 13.3. The smallest absolute Gasteiger partial charge is 0.409 e. The van der Waals surface area contributed by atoms with Crippen LogP contribution in [-0.4, -0.2) is 67.9 Å². The van der Waals surface area contributed by atoms with Crippen LogP contribution in [0.25, 0.3) is 0 Å². The van der Waals surface area contributed by atoms with Crippen LogP contribution in [-0.2, 0) is 9.47 Å². The number of benzene rings is 1. The van der Waals surface area contributed by atoms with E-state index in [-0.39, 0.29) is 29.5 Å². The third-order valence-corrected chi connectivity index (χ3v) is 4.72. The second kappa shape index (κ2) is 9.56. The van der Waals surface area contributed by atoms with Gasteiger partial charge in [-0.3, -0.25) is 14.9 Å². The van der Waals surface area contributed by atoms with Gasteiger partial charge in [-0.1, -0.05) is 11.6 Å². The molecule has 1 aromatic carbocycles. The maximum atomic E-state index is 12.7. The predicted octanol–water partition coefficient (Wildman–Crippen LogP) is 2.23. The minimum absolute atomic E-state index is 0.0127. The molecule has 1 saturated heterocycles. The second-order valence-corrected chi connectivity index (χ2v) is 6.46. The first kappa shape index (κ1) is 21.7. The first-order valence-corrected chi connectivity index (χ1v) is 8.97. The molecule has 2 amide bonds. The van der Waals surface area contributed by atoms with E-state index in [1.807, 2.05) is 0 Å². The number of hydrogen-bond donors (Lipinski definition) is 1. The molecule has 2 unspecified atom stereocenters. The van der Waals surface area contributed by atoms with Crippen LogP contribution in [0, 0.1) is 10.1 Å². The third-order valence-electron chi connectivity index (χ3n) is 4.41. The fourth-order valence-corrected chi connectivity index (χ4v) is 3.20. The molecule has 2 rings (SSSR count). The lowest BCUT2D eigenvalue weighted by atomic mass is 10.0. The van der Waals surface area contributed by atoms with Gasteiger partial charge in [0.25, 0.3) is 11.6 Å². The van der Waals surface area contributed by atoms with Gasteiger partial charge in [0.1, 0.15) is 10.8 Å². The summed E-state index contributed by atoms with van der Waals surface area (Å²) in [7, 11) is 2.82. The lowest BCUT2D eigenvalue weighted by Gasteiger charge is -2.37. The average molecular weight is 416 g/mol. The van der Waals surface area contributed by atoms with E-state index in [2.05, 4.69) is 5.32 Å². The highest BCUT2D eigenvalue weighted by Crippen LogP contribution is 2.32. The molecule has 1 aliphatic heterocycles. The van der Waals surface area contributed by atoms with E-state index < -0.39 is 34.8 Å². The number of hydrogen-bond acceptors (Lipinski definition) is 7. The van der Waals surface area contributed by atoms with Crippen LogP contribution >= 0.6 is 11.6 Å². The minimum atomic E-state index is -0.672. The maximum absolute atomic E-state index is 12.7. The molecule has 28 heavy (non-hydrogen) atoms.